The van der Waals surface area contributed by atoms with Crippen LogP contribution in [0.3, 0.4) is 0 Å². The van der Waals surface area contributed by atoms with E-state index in [-0.39, 0.29) is 17.5 Å². The number of carboxylic acids is 1. The Bertz CT molecular complexity index is 499. The Kier molecular flexibility index (Phi) is 3.23. The van der Waals surface area contributed by atoms with E-state index in [4.69, 9.17) is 10.8 Å². The maximum atomic E-state index is 11.4. The predicted molar refractivity (Wildman–Crippen MR) is 67.7 cm³/mol. The standard InChI is InChI=1S/C13H16N2O3/c1-8-7-9(13(17)18)4-5-10(8)15-6-2-3-11(15)12(14)16/h4-5,7,11H,2-3,6H2,1H3,(H2,14,16)(H,17,18). The van der Waals surface area contributed by atoms with Crippen molar-refractivity contribution in [1.29, 1.82) is 0 Å². The molecule has 1 unspecified atom stereocenters. The van der Waals surface area contributed by atoms with Gasteiger partial charge in [-0.2, -0.15) is 0 Å². The maximum Gasteiger partial charge on any atom is 0.335 e. The van der Waals surface area contributed by atoms with Gasteiger partial charge in [-0.3, -0.25) is 4.79 Å². The molecule has 1 heterocycles. The lowest BCUT2D eigenvalue weighted by molar-refractivity contribution is -0.119. The summed E-state index contributed by atoms with van der Waals surface area (Å²) >= 11 is 0. The third-order valence-corrected chi connectivity index (χ3v) is 3.33. The summed E-state index contributed by atoms with van der Waals surface area (Å²) in [5.74, 6) is -1.27. The van der Waals surface area contributed by atoms with Crippen molar-refractivity contribution >= 4 is 17.6 Å². The second-order valence-corrected chi connectivity index (χ2v) is 4.56. The van der Waals surface area contributed by atoms with Crippen LogP contribution in [0, 0.1) is 6.92 Å². The van der Waals surface area contributed by atoms with Crippen LogP contribution in [0.2, 0.25) is 0 Å². The number of nitrogens with zero attached hydrogens (tertiary/aromatic N) is 1. The van der Waals surface area contributed by atoms with Gasteiger partial charge in [0, 0.05) is 12.2 Å². The van der Waals surface area contributed by atoms with E-state index >= 15 is 0 Å². The first-order chi connectivity index (χ1) is 8.50. The van der Waals surface area contributed by atoms with Crippen molar-refractivity contribution in [2.24, 2.45) is 5.73 Å². The summed E-state index contributed by atoms with van der Waals surface area (Å²) in [5, 5.41) is 8.92. The number of nitrogens with two attached hydrogens (primary N) is 1. The van der Waals surface area contributed by atoms with Crippen molar-refractivity contribution in [1.82, 2.24) is 0 Å². The molecule has 18 heavy (non-hydrogen) atoms. The highest BCUT2D eigenvalue weighted by Crippen LogP contribution is 2.28. The van der Waals surface area contributed by atoms with Crippen LogP contribution in [0.4, 0.5) is 5.69 Å². The van der Waals surface area contributed by atoms with E-state index in [0.717, 1.165) is 30.6 Å². The zero-order chi connectivity index (χ0) is 13.3. The first kappa shape index (κ1) is 12.4. The fourth-order valence-electron chi connectivity index (χ4n) is 2.46. The van der Waals surface area contributed by atoms with Gasteiger partial charge in [-0.25, -0.2) is 4.79 Å². The Morgan fingerprint density at radius 2 is 2.17 bits per heavy atom. The fraction of sp³-hybridized carbons (Fsp3) is 0.385. The molecule has 0 saturated carbocycles. The molecule has 5 heteroatoms. The van der Waals surface area contributed by atoms with Crippen LogP contribution in [0.15, 0.2) is 18.2 Å². The SMILES string of the molecule is Cc1cc(C(=O)O)ccc1N1CCCC1C(N)=O. The lowest BCUT2D eigenvalue weighted by Crippen LogP contribution is -2.40. The summed E-state index contributed by atoms with van der Waals surface area (Å²) in [7, 11) is 0. The van der Waals surface area contributed by atoms with Crippen molar-refractivity contribution in [3.63, 3.8) is 0 Å². The van der Waals surface area contributed by atoms with Gasteiger partial charge in [-0.1, -0.05) is 0 Å². The molecule has 1 aliphatic rings. The quantitative estimate of drug-likeness (QED) is 0.840. The van der Waals surface area contributed by atoms with Crippen molar-refractivity contribution in [3.8, 4) is 0 Å². The molecule has 1 aromatic carbocycles. The molecule has 0 spiro atoms. The normalized spacial score (nSPS) is 18.9. The van der Waals surface area contributed by atoms with E-state index in [9.17, 15) is 9.59 Å². The van der Waals surface area contributed by atoms with Gasteiger partial charge >= 0.3 is 5.97 Å². The topological polar surface area (TPSA) is 83.6 Å². The van der Waals surface area contributed by atoms with Gasteiger partial charge in [-0.15, -0.1) is 0 Å². The number of primary amides is 1. The second kappa shape index (κ2) is 4.68. The van der Waals surface area contributed by atoms with Gasteiger partial charge in [0.05, 0.1) is 5.56 Å². The Balaban J connectivity index is 2.33. The molecule has 1 saturated heterocycles. The maximum absolute atomic E-state index is 11.4. The summed E-state index contributed by atoms with van der Waals surface area (Å²) in [6, 6.07) is 4.65. The summed E-state index contributed by atoms with van der Waals surface area (Å²) < 4.78 is 0. The molecule has 1 aromatic rings. The van der Waals surface area contributed by atoms with Crippen LogP contribution in [-0.4, -0.2) is 29.6 Å². The van der Waals surface area contributed by atoms with Crippen LogP contribution >= 0.6 is 0 Å². The van der Waals surface area contributed by atoms with Gasteiger partial charge < -0.3 is 15.7 Å². The molecule has 96 valence electrons. The Hall–Kier alpha value is -2.04. The molecule has 1 atom stereocenters. The lowest BCUT2D eigenvalue weighted by Gasteiger charge is -2.26. The third-order valence-electron chi connectivity index (χ3n) is 3.33. The minimum absolute atomic E-state index is 0.256. The van der Waals surface area contributed by atoms with E-state index in [1.807, 2.05) is 11.8 Å². The highest BCUT2D eigenvalue weighted by molar-refractivity contribution is 5.89. The summed E-state index contributed by atoms with van der Waals surface area (Å²) in [5.41, 5.74) is 7.37. The number of anilines is 1. The number of hydrogen-bond acceptors (Lipinski definition) is 3. The highest BCUT2D eigenvalue weighted by Gasteiger charge is 2.29. The molecule has 1 amide bonds. The van der Waals surface area contributed by atoms with Crippen LogP contribution in [0.1, 0.15) is 28.8 Å². The van der Waals surface area contributed by atoms with Gasteiger partial charge in [0.15, 0.2) is 0 Å². The smallest absolute Gasteiger partial charge is 0.335 e. The molecule has 1 aliphatic heterocycles. The van der Waals surface area contributed by atoms with Gasteiger partial charge in [-0.05, 0) is 43.5 Å². The first-order valence-electron chi connectivity index (χ1n) is 5.90. The monoisotopic (exact) mass is 248 g/mol. The molecule has 1 fully saturated rings. The Morgan fingerprint density at radius 1 is 1.44 bits per heavy atom. The van der Waals surface area contributed by atoms with Crippen molar-refractivity contribution in [2.75, 3.05) is 11.4 Å². The number of carbonyl (C=O) groups excluding carboxylic acids is 1. The molecule has 5 nitrogen and oxygen atoms in total. The van der Waals surface area contributed by atoms with Crippen LogP contribution in [-0.2, 0) is 4.79 Å². The number of amides is 1. The van der Waals surface area contributed by atoms with Crippen LogP contribution in [0.25, 0.3) is 0 Å². The van der Waals surface area contributed by atoms with Crippen LogP contribution < -0.4 is 10.6 Å². The zero-order valence-corrected chi connectivity index (χ0v) is 10.2. The molecule has 0 aromatic heterocycles. The van der Waals surface area contributed by atoms with E-state index in [1.54, 1.807) is 18.2 Å². The van der Waals surface area contributed by atoms with Crippen molar-refractivity contribution in [2.45, 2.75) is 25.8 Å². The number of rotatable bonds is 3. The average molecular weight is 248 g/mol. The van der Waals surface area contributed by atoms with E-state index in [2.05, 4.69) is 0 Å². The first-order valence-corrected chi connectivity index (χ1v) is 5.90. The van der Waals surface area contributed by atoms with E-state index < -0.39 is 5.97 Å². The number of benzene rings is 1. The largest absolute Gasteiger partial charge is 0.478 e. The molecular formula is C13H16N2O3. The van der Waals surface area contributed by atoms with Gasteiger partial charge in [0.2, 0.25) is 5.91 Å². The Morgan fingerprint density at radius 3 is 2.72 bits per heavy atom. The molecule has 0 radical (unpaired) electrons. The Labute approximate surface area is 105 Å². The molecule has 0 aliphatic carbocycles. The number of carboxylic acid groups (broad SMARTS) is 1. The van der Waals surface area contributed by atoms with Crippen molar-refractivity contribution < 1.29 is 14.7 Å². The van der Waals surface area contributed by atoms with Gasteiger partial charge in [0.1, 0.15) is 6.04 Å². The zero-order valence-electron chi connectivity index (χ0n) is 10.2. The van der Waals surface area contributed by atoms with Crippen LogP contribution in [0.5, 0.6) is 0 Å². The minimum atomic E-state index is -0.947. The predicted octanol–water partition coefficient (Wildman–Crippen LogP) is 1.15. The minimum Gasteiger partial charge on any atom is -0.478 e. The molecule has 2 rings (SSSR count). The number of hydrogen-bond donors (Lipinski definition) is 2. The van der Waals surface area contributed by atoms with Crippen molar-refractivity contribution in [3.05, 3.63) is 29.3 Å². The third kappa shape index (κ3) is 2.16. The lowest BCUT2D eigenvalue weighted by atomic mass is 10.1. The average Bonchev–Trinajstić information content (AvgIpc) is 2.77. The number of carbonyl (C=O) groups is 2. The summed E-state index contributed by atoms with van der Waals surface area (Å²) in [6.45, 7) is 2.62. The summed E-state index contributed by atoms with van der Waals surface area (Å²) in [4.78, 5) is 24.2. The van der Waals surface area contributed by atoms with Gasteiger partial charge in [0.25, 0.3) is 0 Å². The number of aryl methyl sites for hydroxylation is 1. The number of aromatic carboxylic acids is 1. The fourth-order valence-corrected chi connectivity index (χ4v) is 2.46. The molecule has 3 N–H and O–H groups in total. The highest BCUT2D eigenvalue weighted by atomic mass is 16.4. The molecular weight excluding hydrogens is 232 g/mol. The van der Waals surface area contributed by atoms with E-state index in [0.29, 0.717) is 0 Å². The van der Waals surface area contributed by atoms with E-state index in [1.165, 1.54) is 0 Å². The summed E-state index contributed by atoms with van der Waals surface area (Å²) in [6.07, 6.45) is 1.68. The molecule has 0 bridgehead atoms. The second-order valence-electron chi connectivity index (χ2n) is 4.56.